The quantitative estimate of drug-likeness (QED) is 0.0263. The lowest BCUT2D eigenvalue weighted by molar-refractivity contribution is -0.167. The largest absolute Gasteiger partial charge is 0.462 e. The molecule has 0 saturated heterocycles. The highest BCUT2D eigenvalue weighted by Gasteiger charge is 2.19. The molecule has 0 radical (unpaired) electrons. The third-order valence-corrected chi connectivity index (χ3v) is 11.4. The van der Waals surface area contributed by atoms with Gasteiger partial charge in [0.1, 0.15) is 13.2 Å². The molecular formula is C54H98O6. The van der Waals surface area contributed by atoms with Gasteiger partial charge in [-0.2, -0.15) is 0 Å². The van der Waals surface area contributed by atoms with Gasteiger partial charge >= 0.3 is 17.9 Å². The molecule has 1 unspecified atom stereocenters. The van der Waals surface area contributed by atoms with Crippen molar-refractivity contribution < 1.29 is 28.6 Å². The number of allylic oxidation sites excluding steroid dienone is 6. The average molecular weight is 843 g/mol. The first-order chi connectivity index (χ1) is 29.5. The predicted molar refractivity (Wildman–Crippen MR) is 256 cm³/mol. The van der Waals surface area contributed by atoms with Gasteiger partial charge in [-0.25, -0.2) is 0 Å². The van der Waals surface area contributed by atoms with E-state index in [9.17, 15) is 14.4 Å². The summed E-state index contributed by atoms with van der Waals surface area (Å²) >= 11 is 0. The van der Waals surface area contributed by atoms with Crippen LogP contribution in [0.5, 0.6) is 0 Å². The van der Waals surface area contributed by atoms with Crippen molar-refractivity contribution in [3.63, 3.8) is 0 Å². The van der Waals surface area contributed by atoms with Gasteiger partial charge in [-0.05, 0) is 57.8 Å². The van der Waals surface area contributed by atoms with E-state index in [-0.39, 0.29) is 31.1 Å². The van der Waals surface area contributed by atoms with Crippen molar-refractivity contribution in [2.75, 3.05) is 13.2 Å². The first-order valence-corrected chi connectivity index (χ1v) is 26.0. The van der Waals surface area contributed by atoms with E-state index in [1.54, 1.807) is 0 Å². The van der Waals surface area contributed by atoms with Gasteiger partial charge in [-0.15, -0.1) is 0 Å². The lowest BCUT2D eigenvalue weighted by atomic mass is 10.0. The monoisotopic (exact) mass is 843 g/mol. The SMILES string of the molecule is CCCCCCC/C=C\C/C=C\C/C=C\CCCCCCCCCCCCCCCCC(=O)OCC(COC(=O)CCCCCCC)OC(=O)CCCCCCCCCC. The van der Waals surface area contributed by atoms with Crippen molar-refractivity contribution in [2.24, 2.45) is 0 Å². The summed E-state index contributed by atoms with van der Waals surface area (Å²) in [6, 6.07) is 0. The van der Waals surface area contributed by atoms with Crippen LogP contribution in [0, 0.1) is 0 Å². The van der Waals surface area contributed by atoms with Crippen LogP contribution >= 0.6 is 0 Å². The Morgan fingerprint density at radius 3 is 0.933 bits per heavy atom. The van der Waals surface area contributed by atoms with Gasteiger partial charge < -0.3 is 14.2 Å². The first-order valence-electron chi connectivity index (χ1n) is 26.0. The minimum Gasteiger partial charge on any atom is -0.462 e. The van der Waals surface area contributed by atoms with Gasteiger partial charge in [-0.3, -0.25) is 14.4 Å². The van der Waals surface area contributed by atoms with Crippen molar-refractivity contribution in [3.8, 4) is 0 Å². The molecule has 60 heavy (non-hydrogen) atoms. The van der Waals surface area contributed by atoms with Crippen LogP contribution in [-0.4, -0.2) is 37.2 Å². The fraction of sp³-hybridized carbons (Fsp3) is 0.833. The summed E-state index contributed by atoms with van der Waals surface area (Å²) in [6.45, 7) is 6.52. The maximum absolute atomic E-state index is 12.6. The van der Waals surface area contributed by atoms with E-state index in [2.05, 4.69) is 57.2 Å². The molecule has 0 bridgehead atoms. The second kappa shape index (κ2) is 49.3. The summed E-state index contributed by atoms with van der Waals surface area (Å²) in [5.41, 5.74) is 0. The van der Waals surface area contributed by atoms with Crippen LogP contribution in [0.2, 0.25) is 0 Å². The second-order valence-electron chi connectivity index (χ2n) is 17.4. The highest BCUT2D eigenvalue weighted by Crippen LogP contribution is 2.15. The summed E-state index contributed by atoms with van der Waals surface area (Å²) in [7, 11) is 0. The summed E-state index contributed by atoms with van der Waals surface area (Å²) in [6.07, 6.45) is 57.7. The van der Waals surface area contributed by atoms with E-state index >= 15 is 0 Å². The molecule has 0 amide bonds. The Bertz CT molecular complexity index is 1020. The van der Waals surface area contributed by atoms with Crippen molar-refractivity contribution in [3.05, 3.63) is 36.5 Å². The third kappa shape index (κ3) is 46.7. The van der Waals surface area contributed by atoms with Crippen LogP contribution in [0.1, 0.15) is 271 Å². The molecule has 0 aromatic carbocycles. The number of esters is 3. The highest BCUT2D eigenvalue weighted by atomic mass is 16.6. The number of rotatable bonds is 47. The van der Waals surface area contributed by atoms with Crippen LogP contribution in [0.15, 0.2) is 36.5 Å². The van der Waals surface area contributed by atoms with Crippen molar-refractivity contribution in [2.45, 2.75) is 277 Å². The molecule has 0 saturated carbocycles. The van der Waals surface area contributed by atoms with Crippen molar-refractivity contribution in [1.29, 1.82) is 0 Å². The second-order valence-corrected chi connectivity index (χ2v) is 17.4. The summed E-state index contributed by atoms with van der Waals surface area (Å²) in [5.74, 6) is -0.883. The highest BCUT2D eigenvalue weighted by molar-refractivity contribution is 5.71. The van der Waals surface area contributed by atoms with E-state index in [0.717, 1.165) is 77.0 Å². The molecule has 0 rings (SSSR count). The molecule has 6 nitrogen and oxygen atoms in total. The lowest BCUT2D eigenvalue weighted by Crippen LogP contribution is -2.30. The Balaban J connectivity index is 3.89. The minimum absolute atomic E-state index is 0.0698. The van der Waals surface area contributed by atoms with Crippen LogP contribution in [0.25, 0.3) is 0 Å². The molecule has 0 aliphatic heterocycles. The van der Waals surface area contributed by atoms with Gasteiger partial charge in [-0.1, -0.05) is 231 Å². The number of hydrogen-bond donors (Lipinski definition) is 0. The van der Waals surface area contributed by atoms with E-state index in [4.69, 9.17) is 14.2 Å². The fourth-order valence-electron chi connectivity index (χ4n) is 7.45. The Morgan fingerprint density at radius 1 is 0.333 bits per heavy atom. The van der Waals surface area contributed by atoms with Gasteiger partial charge in [0.2, 0.25) is 0 Å². The molecule has 350 valence electrons. The third-order valence-electron chi connectivity index (χ3n) is 11.4. The Hall–Kier alpha value is -2.37. The number of carbonyl (C=O) groups excluding carboxylic acids is 3. The number of unbranched alkanes of at least 4 members (excludes halogenated alkanes) is 30. The fourth-order valence-corrected chi connectivity index (χ4v) is 7.45. The Kier molecular flexibility index (Phi) is 47.3. The van der Waals surface area contributed by atoms with Crippen LogP contribution < -0.4 is 0 Å². The lowest BCUT2D eigenvalue weighted by Gasteiger charge is -2.18. The summed E-state index contributed by atoms with van der Waals surface area (Å²) in [5, 5.41) is 0. The molecule has 0 aliphatic rings. The smallest absolute Gasteiger partial charge is 0.306 e. The zero-order valence-corrected chi connectivity index (χ0v) is 40.0. The standard InChI is InChI=1S/C54H98O6/c1-4-7-10-13-15-17-18-19-20-21-22-23-24-25-26-27-28-29-30-31-32-33-34-35-36-37-39-41-44-47-53(56)59-50-51(49-58-52(55)46-43-40-12-9-6-3)60-54(57)48-45-42-38-16-14-11-8-5-2/h18-19,21-22,24-25,51H,4-17,20,23,26-50H2,1-3H3/b19-18-,22-21-,25-24-. The molecule has 6 heteroatoms. The number of carbonyl (C=O) groups is 3. The summed E-state index contributed by atoms with van der Waals surface area (Å²) in [4.78, 5) is 37.4. The molecule has 0 N–H and O–H groups in total. The van der Waals surface area contributed by atoms with Gasteiger partial charge in [0.25, 0.3) is 0 Å². The maximum Gasteiger partial charge on any atom is 0.306 e. The molecule has 0 aromatic heterocycles. The van der Waals surface area contributed by atoms with Gasteiger partial charge in [0, 0.05) is 19.3 Å². The number of ether oxygens (including phenoxy) is 3. The van der Waals surface area contributed by atoms with E-state index in [1.807, 2.05) is 0 Å². The molecule has 0 aliphatic carbocycles. The van der Waals surface area contributed by atoms with E-state index in [0.29, 0.717) is 19.3 Å². The van der Waals surface area contributed by atoms with Crippen molar-refractivity contribution >= 4 is 17.9 Å². The predicted octanol–water partition coefficient (Wildman–Crippen LogP) is 16.9. The van der Waals surface area contributed by atoms with E-state index in [1.165, 1.54) is 154 Å². The minimum atomic E-state index is -0.762. The molecule has 0 fully saturated rings. The molecule has 1 atom stereocenters. The number of hydrogen-bond acceptors (Lipinski definition) is 6. The van der Waals surface area contributed by atoms with E-state index < -0.39 is 6.10 Å². The normalized spacial score (nSPS) is 12.2. The van der Waals surface area contributed by atoms with Gasteiger partial charge in [0.05, 0.1) is 0 Å². The molecule has 0 spiro atoms. The molecular weight excluding hydrogens is 745 g/mol. The first kappa shape index (κ1) is 57.6. The zero-order chi connectivity index (χ0) is 43.7. The average Bonchev–Trinajstić information content (AvgIpc) is 3.24. The summed E-state index contributed by atoms with van der Waals surface area (Å²) < 4.78 is 16.6. The van der Waals surface area contributed by atoms with Crippen LogP contribution in [0.4, 0.5) is 0 Å². The van der Waals surface area contributed by atoms with Crippen LogP contribution in [-0.2, 0) is 28.6 Å². The van der Waals surface area contributed by atoms with Crippen LogP contribution in [0.3, 0.4) is 0 Å². The van der Waals surface area contributed by atoms with Crippen molar-refractivity contribution in [1.82, 2.24) is 0 Å². The topological polar surface area (TPSA) is 78.9 Å². The zero-order valence-electron chi connectivity index (χ0n) is 40.0. The maximum atomic E-state index is 12.6. The molecule has 0 aromatic rings. The molecule has 0 heterocycles. The Labute approximate surface area is 372 Å². The Morgan fingerprint density at radius 2 is 0.600 bits per heavy atom. The van der Waals surface area contributed by atoms with Gasteiger partial charge in [0.15, 0.2) is 6.10 Å².